The van der Waals surface area contributed by atoms with Crippen LogP contribution in [-0.4, -0.2) is 9.55 Å². The molecule has 0 amide bonds. The van der Waals surface area contributed by atoms with Crippen molar-refractivity contribution in [2.24, 2.45) is 0 Å². The van der Waals surface area contributed by atoms with Crippen molar-refractivity contribution in [3.05, 3.63) is 41.3 Å². The average molecular weight is 237 g/mol. The Labute approximate surface area is 107 Å². The van der Waals surface area contributed by atoms with Gasteiger partial charge in [0.15, 0.2) is 0 Å². The third-order valence-corrected chi connectivity index (χ3v) is 3.71. The van der Waals surface area contributed by atoms with Crippen molar-refractivity contribution in [1.29, 1.82) is 5.26 Å². The zero-order valence-electron chi connectivity index (χ0n) is 10.5. The number of aromatic nitrogens is 2. The Hall–Kier alpha value is -2.08. The summed E-state index contributed by atoms with van der Waals surface area (Å²) in [7, 11) is 0. The molecule has 0 aliphatic carbocycles. The molecule has 0 radical (unpaired) electrons. The van der Waals surface area contributed by atoms with Crippen LogP contribution in [0.2, 0.25) is 0 Å². The number of pyridine rings is 1. The molecule has 0 saturated heterocycles. The van der Waals surface area contributed by atoms with Gasteiger partial charge in [0.2, 0.25) is 0 Å². The van der Waals surface area contributed by atoms with Gasteiger partial charge in [-0.25, -0.2) is 0 Å². The Morgan fingerprint density at radius 1 is 1.39 bits per heavy atom. The molecule has 2 aromatic heterocycles. The van der Waals surface area contributed by atoms with Gasteiger partial charge in [-0.15, -0.1) is 0 Å². The molecule has 3 heteroatoms. The van der Waals surface area contributed by atoms with Gasteiger partial charge in [-0.2, -0.15) is 5.26 Å². The van der Waals surface area contributed by atoms with Crippen LogP contribution in [0.3, 0.4) is 0 Å². The van der Waals surface area contributed by atoms with E-state index >= 15 is 0 Å². The summed E-state index contributed by atoms with van der Waals surface area (Å²) in [6.07, 6.45) is 7.06. The summed E-state index contributed by atoms with van der Waals surface area (Å²) in [6.45, 7) is 3.06. The minimum atomic E-state index is 0.869. The first-order valence-electron chi connectivity index (χ1n) is 6.35. The third kappa shape index (κ3) is 1.53. The van der Waals surface area contributed by atoms with E-state index in [-0.39, 0.29) is 0 Å². The molecule has 3 heterocycles. The lowest BCUT2D eigenvalue weighted by molar-refractivity contribution is 0.536. The Bertz CT molecular complexity index is 617. The quantitative estimate of drug-likeness (QED) is 0.764. The topological polar surface area (TPSA) is 41.6 Å². The maximum atomic E-state index is 9.36. The lowest BCUT2D eigenvalue weighted by Crippen LogP contribution is -2.11. The molecule has 1 aliphatic rings. The van der Waals surface area contributed by atoms with Crippen LogP contribution in [0.4, 0.5) is 0 Å². The van der Waals surface area contributed by atoms with Crippen LogP contribution in [-0.2, 0) is 13.0 Å². The summed E-state index contributed by atoms with van der Waals surface area (Å²) >= 11 is 0. The molecule has 1 aliphatic heterocycles. The van der Waals surface area contributed by atoms with Gasteiger partial charge in [0.25, 0.3) is 0 Å². The number of nitriles is 1. The zero-order chi connectivity index (χ0) is 12.5. The molecule has 0 bridgehead atoms. The maximum absolute atomic E-state index is 9.36. The second-order valence-electron chi connectivity index (χ2n) is 4.76. The lowest BCUT2D eigenvalue weighted by atomic mass is 10.1. The van der Waals surface area contributed by atoms with E-state index < -0.39 is 0 Å². The van der Waals surface area contributed by atoms with E-state index in [1.165, 1.54) is 24.2 Å². The summed E-state index contributed by atoms with van der Waals surface area (Å²) in [5.41, 5.74) is 5.46. The first-order chi connectivity index (χ1) is 8.83. The number of rotatable bonds is 1. The first-order valence-corrected chi connectivity index (χ1v) is 6.35. The van der Waals surface area contributed by atoms with Crippen molar-refractivity contribution in [3.8, 4) is 17.3 Å². The fraction of sp³-hybridized carbons (Fsp3) is 0.333. The van der Waals surface area contributed by atoms with Crippen LogP contribution in [0.25, 0.3) is 11.3 Å². The highest BCUT2D eigenvalue weighted by Crippen LogP contribution is 2.33. The molecule has 18 heavy (non-hydrogen) atoms. The Morgan fingerprint density at radius 2 is 2.28 bits per heavy atom. The van der Waals surface area contributed by atoms with Crippen LogP contribution in [0.5, 0.6) is 0 Å². The van der Waals surface area contributed by atoms with Crippen LogP contribution in [0.1, 0.15) is 29.7 Å². The molecule has 3 nitrogen and oxygen atoms in total. The van der Waals surface area contributed by atoms with Crippen molar-refractivity contribution in [1.82, 2.24) is 9.55 Å². The molecular formula is C15H15N3. The van der Waals surface area contributed by atoms with Gasteiger partial charge in [-0.1, -0.05) is 0 Å². The van der Waals surface area contributed by atoms with Crippen molar-refractivity contribution in [2.75, 3.05) is 0 Å². The molecule has 0 aromatic carbocycles. The van der Waals surface area contributed by atoms with Crippen molar-refractivity contribution in [3.63, 3.8) is 0 Å². The lowest BCUT2D eigenvalue weighted by Gasteiger charge is -2.18. The van der Waals surface area contributed by atoms with E-state index in [1.807, 2.05) is 19.2 Å². The predicted octanol–water partition coefficient (Wildman–Crippen LogP) is 3.07. The summed E-state index contributed by atoms with van der Waals surface area (Å²) < 4.78 is 2.31. The minimum absolute atomic E-state index is 0.869. The fourth-order valence-corrected chi connectivity index (χ4v) is 2.90. The molecule has 0 N–H and O–H groups in total. The van der Waals surface area contributed by atoms with E-state index in [9.17, 15) is 5.26 Å². The minimum Gasteiger partial charge on any atom is -0.343 e. The second-order valence-corrected chi connectivity index (χ2v) is 4.76. The van der Waals surface area contributed by atoms with E-state index in [2.05, 4.69) is 21.7 Å². The fourth-order valence-electron chi connectivity index (χ4n) is 2.90. The summed E-state index contributed by atoms with van der Waals surface area (Å²) in [6, 6.07) is 6.39. The number of nitrogens with zero attached hydrogens (tertiary/aromatic N) is 3. The van der Waals surface area contributed by atoms with Crippen LogP contribution >= 0.6 is 0 Å². The molecule has 0 fully saturated rings. The molecule has 0 spiro atoms. The van der Waals surface area contributed by atoms with E-state index in [1.54, 1.807) is 6.20 Å². The monoisotopic (exact) mass is 237 g/mol. The first kappa shape index (κ1) is 11.0. The standard InChI is InChI=1S/C15H15N3/c1-11-13(9-16)14-6-2-3-8-18(14)15(11)12-5-4-7-17-10-12/h4-5,7,10H,2-3,6,8H2,1H3. The Balaban J connectivity index is 2.27. The van der Waals surface area contributed by atoms with E-state index in [0.717, 1.165) is 29.7 Å². The number of hydrogen-bond donors (Lipinski definition) is 0. The predicted molar refractivity (Wildman–Crippen MR) is 70.1 cm³/mol. The summed E-state index contributed by atoms with van der Waals surface area (Å²) in [5.74, 6) is 0. The SMILES string of the molecule is Cc1c(C#N)c2n(c1-c1cccnc1)CCCC2. The zero-order valence-corrected chi connectivity index (χ0v) is 10.5. The van der Waals surface area contributed by atoms with Crippen LogP contribution in [0.15, 0.2) is 24.5 Å². The van der Waals surface area contributed by atoms with Crippen molar-refractivity contribution < 1.29 is 0 Å². The highest BCUT2D eigenvalue weighted by atomic mass is 15.0. The summed E-state index contributed by atoms with van der Waals surface area (Å²) in [4.78, 5) is 4.19. The van der Waals surface area contributed by atoms with Gasteiger partial charge in [0.1, 0.15) is 6.07 Å². The van der Waals surface area contributed by atoms with E-state index in [0.29, 0.717) is 0 Å². The average Bonchev–Trinajstić information content (AvgIpc) is 2.71. The molecule has 2 aromatic rings. The smallest absolute Gasteiger partial charge is 0.101 e. The highest BCUT2D eigenvalue weighted by Gasteiger charge is 2.22. The van der Waals surface area contributed by atoms with Gasteiger partial charge in [0.05, 0.1) is 11.3 Å². The highest BCUT2D eigenvalue weighted by molar-refractivity contribution is 5.68. The molecule has 0 unspecified atom stereocenters. The molecular weight excluding hydrogens is 222 g/mol. The van der Waals surface area contributed by atoms with Crippen molar-refractivity contribution in [2.45, 2.75) is 32.7 Å². The number of fused-ring (bicyclic) bond motifs is 1. The van der Waals surface area contributed by atoms with Crippen LogP contribution in [0, 0.1) is 18.3 Å². The normalized spacial score (nSPS) is 14.0. The Morgan fingerprint density at radius 3 is 3.00 bits per heavy atom. The number of hydrogen-bond acceptors (Lipinski definition) is 2. The maximum Gasteiger partial charge on any atom is 0.101 e. The largest absolute Gasteiger partial charge is 0.343 e. The van der Waals surface area contributed by atoms with Crippen molar-refractivity contribution >= 4 is 0 Å². The molecule has 0 atom stereocenters. The van der Waals surface area contributed by atoms with Gasteiger partial charge >= 0.3 is 0 Å². The van der Waals surface area contributed by atoms with E-state index in [4.69, 9.17) is 0 Å². The summed E-state index contributed by atoms with van der Waals surface area (Å²) in [5, 5.41) is 9.36. The molecule has 0 saturated carbocycles. The molecule has 3 rings (SSSR count). The Kier molecular flexibility index (Phi) is 2.64. The van der Waals surface area contributed by atoms with Gasteiger partial charge in [-0.05, 0) is 43.9 Å². The van der Waals surface area contributed by atoms with Gasteiger partial charge in [-0.3, -0.25) is 4.98 Å². The third-order valence-electron chi connectivity index (χ3n) is 3.71. The van der Waals surface area contributed by atoms with Gasteiger partial charge in [0, 0.05) is 30.2 Å². The molecule has 90 valence electrons. The van der Waals surface area contributed by atoms with Gasteiger partial charge < -0.3 is 4.57 Å². The van der Waals surface area contributed by atoms with Crippen LogP contribution < -0.4 is 0 Å². The second kappa shape index (κ2) is 4.30.